The number of rotatable bonds is 5. The van der Waals surface area contributed by atoms with Gasteiger partial charge in [0.15, 0.2) is 23.1 Å². The predicted octanol–water partition coefficient (Wildman–Crippen LogP) is 4.47. The number of piperidine rings is 1. The van der Waals surface area contributed by atoms with E-state index in [9.17, 15) is 13.6 Å². The van der Waals surface area contributed by atoms with E-state index in [-0.39, 0.29) is 11.4 Å². The average Bonchev–Trinajstić information content (AvgIpc) is 2.78. The fourth-order valence-electron chi connectivity index (χ4n) is 3.70. The molecule has 0 radical (unpaired) electrons. The van der Waals surface area contributed by atoms with Crippen molar-refractivity contribution in [2.75, 3.05) is 23.3 Å². The second-order valence-corrected chi connectivity index (χ2v) is 7.48. The van der Waals surface area contributed by atoms with Crippen LogP contribution in [0.5, 0.6) is 0 Å². The maximum atomic E-state index is 13.3. The first-order chi connectivity index (χ1) is 14.6. The Balaban J connectivity index is 1.32. The number of aromatic nitrogens is 2. The minimum absolute atomic E-state index is 0.113. The van der Waals surface area contributed by atoms with Gasteiger partial charge in [-0.3, -0.25) is 4.79 Å². The zero-order valence-corrected chi connectivity index (χ0v) is 16.4. The van der Waals surface area contributed by atoms with E-state index in [0.717, 1.165) is 50.3 Å². The third kappa shape index (κ3) is 4.79. The molecule has 0 atom stereocenters. The molecule has 0 unspecified atom stereocenters. The van der Waals surface area contributed by atoms with Gasteiger partial charge in [0.05, 0.1) is 0 Å². The Morgan fingerprint density at radius 2 is 1.73 bits per heavy atom. The Morgan fingerprint density at radius 1 is 0.967 bits per heavy atom. The van der Waals surface area contributed by atoms with Crippen LogP contribution in [-0.4, -0.2) is 29.2 Å². The lowest BCUT2D eigenvalue weighted by molar-refractivity contribution is 0.102. The number of nitrogens with one attached hydrogen (secondary N) is 1. The van der Waals surface area contributed by atoms with Crippen molar-refractivity contribution in [1.29, 1.82) is 0 Å². The first kappa shape index (κ1) is 19.9. The number of nitrogens with zero attached hydrogens (tertiary/aromatic N) is 3. The Labute approximate surface area is 173 Å². The van der Waals surface area contributed by atoms with Gasteiger partial charge in [-0.25, -0.2) is 8.78 Å². The summed E-state index contributed by atoms with van der Waals surface area (Å²) in [5.41, 5.74) is 1.64. The minimum atomic E-state index is -1.02. The standard InChI is InChI=1S/C23H22F2N4O/c24-19-7-6-18(15-20(19)25)26-23(30)21-8-9-22(28-27-21)29-12-10-17(11-13-29)14-16-4-2-1-3-5-16/h1-9,15,17H,10-14H2,(H,26,30). The molecule has 1 aliphatic rings. The Hall–Kier alpha value is -3.35. The van der Waals surface area contributed by atoms with Crippen molar-refractivity contribution in [2.24, 2.45) is 5.92 Å². The van der Waals surface area contributed by atoms with E-state index >= 15 is 0 Å². The van der Waals surface area contributed by atoms with Crippen molar-refractivity contribution in [2.45, 2.75) is 19.3 Å². The summed E-state index contributed by atoms with van der Waals surface area (Å²) in [4.78, 5) is 14.4. The largest absolute Gasteiger partial charge is 0.355 e. The van der Waals surface area contributed by atoms with Gasteiger partial charge in [0.1, 0.15) is 0 Å². The summed E-state index contributed by atoms with van der Waals surface area (Å²) in [6.07, 6.45) is 3.24. The maximum absolute atomic E-state index is 13.3. The van der Waals surface area contributed by atoms with Crippen LogP contribution in [0.2, 0.25) is 0 Å². The number of benzene rings is 2. The van der Waals surface area contributed by atoms with Crippen LogP contribution in [0.4, 0.5) is 20.3 Å². The van der Waals surface area contributed by atoms with E-state index < -0.39 is 17.5 Å². The minimum Gasteiger partial charge on any atom is -0.355 e. The lowest BCUT2D eigenvalue weighted by Crippen LogP contribution is -2.35. The quantitative estimate of drug-likeness (QED) is 0.677. The van der Waals surface area contributed by atoms with Crippen LogP contribution in [0, 0.1) is 17.6 Å². The Morgan fingerprint density at radius 3 is 2.40 bits per heavy atom. The van der Waals surface area contributed by atoms with Crippen molar-refractivity contribution in [3.05, 3.63) is 83.6 Å². The highest BCUT2D eigenvalue weighted by Gasteiger charge is 2.21. The molecule has 0 bridgehead atoms. The van der Waals surface area contributed by atoms with E-state index in [1.807, 2.05) is 6.07 Å². The lowest BCUT2D eigenvalue weighted by atomic mass is 9.90. The first-order valence-corrected chi connectivity index (χ1v) is 9.97. The molecule has 1 amide bonds. The highest BCUT2D eigenvalue weighted by molar-refractivity contribution is 6.02. The van der Waals surface area contributed by atoms with Gasteiger partial charge in [-0.05, 0) is 55.0 Å². The van der Waals surface area contributed by atoms with Gasteiger partial charge in [-0.1, -0.05) is 30.3 Å². The average molecular weight is 408 g/mol. The van der Waals surface area contributed by atoms with Crippen LogP contribution in [0.25, 0.3) is 0 Å². The van der Waals surface area contributed by atoms with Crippen LogP contribution in [0.15, 0.2) is 60.7 Å². The number of carbonyl (C=O) groups excluding carboxylic acids is 1. The van der Waals surface area contributed by atoms with Crippen LogP contribution < -0.4 is 10.2 Å². The van der Waals surface area contributed by atoms with E-state index in [2.05, 4.69) is 44.7 Å². The van der Waals surface area contributed by atoms with Gasteiger partial charge >= 0.3 is 0 Å². The van der Waals surface area contributed by atoms with E-state index in [1.165, 1.54) is 11.6 Å². The van der Waals surface area contributed by atoms with E-state index in [1.54, 1.807) is 12.1 Å². The molecule has 7 heteroatoms. The Bertz CT molecular complexity index is 1000. The maximum Gasteiger partial charge on any atom is 0.276 e. The third-order valence-electron chi connectivity index (χ3n) is 5.37. The summed E-state index contributed by atoms with van der Waals surface area (Å²) in [5, 5.41) is 10.7. The normalized spacial score (nSPS) is 14.5. The molecule has 3 aromatic rings. The number of carbonyl (C=O) groups is 1. The highest BCUT2D eigenvalue weighted by Crippen LogP contribution is 2.24. The van der Waals surface area contributed by atoms with Crippen LogP contribution in [0.3, 0.4) is 0 Å². The number of hydrogen-bond donors (Lipinski definition) is 1. The van der Waals surface area contributed by atoms with Gasteiger partial charge in [0, 0.05) is 24.8 Å². The van der Waals surface area contributed by atoms with Crippen LogP contribution in [-0.2, 0) is 6.42 Å². The van der Waals surface area contributed by atoms with Gasteiger partial charge in [-0.2, -0.15) is 0 Å². The molecule has 30 heavy (non-hydrogen) atoms. The second-order valence-electron chi connectivity index (χ2n) is 7.48. The smallest absolute Gasteiger partial charge is 0.276 e. The molecule has 1 N–H and O–H groups in total. The van der Waals surface area contributed by atoms with Crippen LogP contribution >= 0.6 is 0 Å². The monoisotopic (exact) mass is 408 g/mol. The summed E-state index contributed by atoms with van der Waals surface area (Å²) < 4.78 is 26.3. The van der Waals surface area contributed by atoms with Crippen LogP contribution in [0.1, 0.15) is 28.9 Å². The number of amides is 1. The van der Waals surface area contributed by atoms with Gasteiger partial charge in [0.2, 0.25) is 0 Å². The fourth-order valence-corrected chi connectivity index (χ4v) is 3.70. The summed E-state index contributed by atoms with van der Waals surface area (Å²) >= 11 is 0. The molecule has 5 nitrogen and oxygen atoms in total. The highest BCUT2D eigenvalue weighted by atomic mass is 19.2. The van der Waals surface area contributed by atoms with Crippen molar-refractivity contribution in [3.63, 3.8) is 0 Å². The first-order valence-electron chi connectivity index (χ1n) is 9.97. The molecule has 2 aromatic carbocycles. The summed E-state index contributed by atoms with van der Waals surface area (Å²) in [6, 6.07) is 17.1. The molecule has 1 aliphatic heterocycles. The second kappa shape index (κ2) is 8.98. The topological polar surface area (TPSA) is 58.1 Å². The molecule has 1 fully saturated rings. The third-order valence-corrected chi connectivity index (χ3v) is 5.37. The molecule has 0 spiro atoms. The summed E-state index contributed by atoms with van der Waals surface area (Å²) in [5.74, 6) is -1.13. The molecule has 0 aliphatic carbocycles. The van der Waals surface area contributed by atoms with E-state index in [0.29, 0.717) is 5.92 Å². The fraction of sp³-hybridized carbons (Fsp3) is 0.261. The summed E-state index contributed by atoms with van der Waals surface area (Å²) in [6.45, 7) is 1.79. The number of anilines is 2. The summed E-state index contributed by atoms with van der Waals surface area (Å²) in [7, 11) is 0. The van der Waals surface area contributed by atoms with Crippen molar-refractivity contribution in [3.8, 4) is 0 Å². The van der Waals surface area contributed by atoms with E-state index in [4.69, 9.17) is 0 Å². The zero-order valence-electron chi connectivity index (χ0n) is 16.4. The number of hydrogen-bond acceptors (Lipinski definition) is 4. The van der Waals surface area contributed by atoms with Gasteiger partial charge in [0.25, 0.3) is 5.91 Å². The molecular weight excluding hydrogens is 386 g/mol. The molecule has 1 saturated heterocycles. The molecule has 154 valence electrons. The molecular formula is C23H22F2N4O. The van der Waals surface area contributed by atoms with Gasteiger partial charge in [-0.15, -0.1) is 10.2 Å². The lowest BCUT2D eigenvalue weighted by Gasteiger charge is -2.32. The molecule has 1 aromatic heterocycles. The van der Waals surface area contributed by atoms with Gasteiger partial charge < -0.3 is 10.2 Å². The predicted molar refractivity (Wildman–Crippen MR) is 111 cm³/mol. The Kier molecular flexibility index (Phi) is 5.97. The van der Waals surface area contributed by atoms with Crippen molar-refractivity contribution < 1.29 is 13.6 Å². The molecule has 0 saturated carbocycles. The SMILES string of the molecule is O=C(Nc1ccc(F)c(F)c1)c1ccc(N2CCC(Cc3ccccc3)CC2)nn1. The molecule has 2 heterocycles. The zero-order chi connectivity index (χ0) is 20.9. The van der Waals surface area contributed by atoms with Crippen molar-refractivity contribution in [1.82, 2.24) is 10.2 Å². The van der Waals surface area contributed by atoms with Crippen molar-refractivity contribution >= 4 is 17.4 Å². The number of halogens is 2. The molecule has 4 rings (SSSR count).